The molecule has 27 heavy (non-hydrogen) atoms. The molecular weight excluding hydrogens is 378 g/mol. The lowest BCUT2D eigenvalue weighted by atomic mass is 10.1. The fourth-order valence-corrected chi connectivity index (χ4v) is 3.62. The minimum absolute atomic E-state index is 0.574. The number of hydrogen-bond acceptors (Lipinski definition) is 3. The molecule has 0 atom stereocenters. The number of guanidine groups is 1. The number of aliphatic imine (C=N–C) groups is 1. The minimum atomic E-state index is 0.574. The molecule has 6 heteroatoms. The topological polar surface area (TPSA) is 45.7 Å². The summed E-state index contributed by atoms with van der Waals surface area (Å²) in [5.74, 6) is 2.03. The van der Waals surface area contributed by atoms with Crippen molar-refractivity contribution in [3.8, 4) is 11.5 Å². The van der Waals surface area contributed by atoms with Crippen LogP contribution in [0.15, 0.2) is 76.6 Å². The number of nitrogens with one attached hydrogen (secondary N) is 2. The van der Waals surface area contributed by atoms with E-state index in [1.165, 1.54) is 23.1 Å². The van der Waals surface area contributed by atoms with Crippen LogP contribution in [0.1, 0.15) is 11.1 Å². The van der Waals surface area contributed by atoms with Crippen molar-refractivity contribution in [2.24, 2.45) is 4.99 Å². The Morgan fingerprint density at radius 1 is 0.963 bits per heavy atom. The van der Waals surface area contributed by atoms with Gasteiger partial charge in [0.05, 0.1) is 22.2 Å². The average molecular weight is 396 g/mol. The van der Waals surface area contributed by atoms with Crippen molar-refractivity contribution < 1.29 is 4.74 Å². The normalized spacial score (nSPS) is 14.2. The van der Waals surface area contributed by atoms with Crippen LogP contribution in [0.3, 0.4) is 0 Å². The van der Waals surface area contributed by atoms with E-state index in [9.17, 15) is 0 Å². The van der Waals surface area contributed by atoms with E-state index in [0.717, 1.165) is 10.6 Å². The van der Waals surface area contributed by atoms with Gasteiger partial charge < -0.3 is 10.1 Å². The Bertz CT molecular complexity index is 1010. The smallest absolute Gasteiger partial charge is 0.206 e. The van der Waals surface area contributed by atoms with Gasteiger partial charge in [0, 0.05) is 0 Å². The van der Waals surface area contributed by atoms with Crippen molar-refractivity contribution in [1.82, 2.24) is 4.72 Å². The van der Waals surface area contributed by atoms with Crippen LogP contribution in [0, 0.1) is 6.92 Å². The molecule has 0 saturated carbocycles. The molecule has 4 rings (SSSR count). The fraction of sp³-hybridized carbons (Fsp3) is 0.0952. The van der Waals surface area contributed by atoms with Gasteiger partial charge in [0.25, 0.3) is 0 Å². The molecule has 0 saturated heterocycles. The van der Waals surface area contributed by atoms with E-state index < -0.39 is 0 Å². The Morgan fingerprint density at radius 3 is 2.59 bits per heavy atom. The number of nitrogens with zero attached hydrogens (tertiary/aromatic N) is 1. The summed E-state index contributed by atoms with van der Waals surface area (Å²) < 4.78 is 9.29. The molecule has 0 fully saturated rings. The van der Waals surface area contributed by atoms with Crippen LogP contribution in [-0.2, 0) is 6.54 Å². The van der Waals surface area contributed by atoms with Crippen LogP contribution < -0.4 is 14.8 Å². The van der Waals surface area contributed by atoms with Crippen molar-refractivity contribution in [2.45, 2.75) is 18.4 Å². The second-order valence-electron chi connectivity index (χ2n) is 6.08. The summed E-state index contributed by atoms with van der Waals surface area (Å²) in [6, 6.07) is 21.6. The summed E-state index contributed by atoms with van der Waals surface area (Å²) in [6.45, 7) is 2.70. The predicted octanol–water partition coefficient (Wildman–Crippen LogP) is 6.02. The van der Waals surface area contributed by atoms with Crippen molar-refractivity contribution in [3.63, 3.8) is 0 Å². The van der Waals surface area contributed by atoms with E-state index in [-0.39, 0.29) is 0 Å². The maximum absolute atomic E-state index is 6.23. The number of benzene rings is 3. The summed E-state index contributed by atoms with van der Waals surface area (Å²) >= 11 is 7.74. The average Bonchev–Trinajstić information content (AvgIpc) is 2.69. The maximum atomic E-state index is 6.23. The fourth-order valence-electron chi connectivity index (χ4n) is 2.72. The van der Waals surface area contributed by atoms with E-state index in [2.05, 4.69) is 34.1 Å². The van der Waals surface area contributed by atoms with Crippen LogP contribution in [0.2, 0.25) is 5.02 Å². The number of para-hydroxylation sites is 2. The van der Waals surface area contributed by atoms with Crippen molar-refractivity contribution >= 4 is 35.2 Å². The lowest BCUT2D eigenvalue weighted by Gasteiger charge is -2.23. The molecule has 0 spiro atoms. The molecule has 1 heterocycles. The number of anilines is 1. The van der Waals surface area contributed by atoms with Crippen molar-refractivity contribution in [1.29, 1.82) is 0 Å². The maximum Gasteiger partial charge on any atom is 0.206 e. The third kappa shape index (κ3) is 4.04. The van der Waals surface area contributed by atoms with Gasteiger partial charge >= 0.3 is 0 Å². The highest BCUT2D eigenvalue weighted by Gasteiger charge is 2.19. The molecule has 2 N–H and O–H groups in total. The highest BCUT2D eigenvalue weighted by molar-refractivity contribution is 7.98. The number of hydrogen-bond donors (Lipinski definition) is 2. The summed E-state index contributed by atoms with van der Waals surface area (Å²) in [6.07, 6.45) is 0. The second kappa shape index (κ2) is 7.94. The molecule has 0 radical (unpaired) electrons. The lowest BCUT2D eigenvalue weighted by Crippen LogP contribution is -2.29. The summed E-state index contributed by atoms with van der Waals surface area (Å²) in [7, 11) is 0. The number of halogens is 1. The van der Waals surface area contributed by atoms with Gasteiger partial charge in [-0.05, 0) is 54.3 Å². The second-order valence-corrected chi connectivity index (χ2v) is 7.34. The zero-order chi connectivity index (χ0) is 18.6. The van der Waals surface area contributed by atoms with Crippen LogP contribution in [0.4, 0.5) is 5.69 Å². The van der Waals surface area contributed by atoms with Crippen LogP contribution in [0.25, 0.3) is 0 Å². The highest BCUT2D eigenvalue weighted by atomic mass is 35.5. The van der Waals surface area contributed by atoms with Gasteiger partial charge in [-0.15, -0.1) is 0 Å². The monoisotopic (exact) mass is 395 g/mol. The SMILES string of the molecule is Cc1ccccc1CN=C1NSc2cccc(Oc3ccccc3Cl)c2N1. The molecule has 0 aromatic heterocycles. The molecule has 0 bridgehead atoms. The first-order valence-electron chi connectivity index (χ1n) is 8.55. The quantitative estimate of drug-likeness (QED) is 0.530. The predicted molar refractivity (Wildman–Crippen MR) is 113 cm³/mol. The molecule has 4 nitrogen and oxygen atoms in total. The molecule has 0 amide bonds. The van der Waals surface area contributed by atoms with Gasteiger partial charge in [0.15, 0.2) is 5.75 Å². The summed E-state index contributed by atoms with van der Waals surface area (Å²) in [4.78, 5) is 5.71. The Hall–Kier alpha value is -2.63. The minimum Gasteiger partial charge on any atom is -0.454 e. The van der Waals surface area contributed by atoms with Gasteiger partial charge in [-0.25, -0.2) is 4.99 Å². The largest absolute Gasteiger partial charge is 0.454 e. The highest BCUT2D eigenvalue weighted by Crippen LogP contribution is 2.40. The molecule has 0 unspecified atom stereocenters. The van der Waals surface area contributed by atoms with Crippen LogP contribution in [-0.4, -0.2) is 5.96 Å². The molecule has 136 valence electrons. The van der Waals surface area contributed by atoms with E-state index in [1.54, 1.807) is 0 Å². The Morgan fingerprint density at radius 2 is 1.74 bits per heavy atom. The molecular formula is C21H18ClN3OS. The zero-order valence-electron chi connectivity index (χ0n) is 14.7. The first-order valence-corrected chi connectivity index (χ1v) is 9.74. The first-order chi connectivity index (χ1) is 13.2. The van der Waals surface area contributed by atoms with Gasteiger partial charge in [-0.2, -0.15) is 0 Å². The Kier molecular flexibility index (Phi) is 5.23. The Labute approximate surface area is 167 Å². The van der Waals surface area contributed by atoms with E-state index in [4.69, 9.17) is 16.3 Å². The summed E-state index contributed by atoms with van der Waals surface area (Å²) in [5.41, 5.74) is 3.31. The first kappa shape index (κ1) is 17.8. The third-order valence-corrected chi connectivity index (χ3v) is 5.38. The molecule has 1 aliphatic heterocycles. The molecule has 3 aromatic rings. The molecule has 1 aliphatic rings. The molecule has 0 aliphatic carbocycles. The molecule has 3 aromatic carbocycles. The van der Waals surface area contributed by atoms with Gasteiger partial charge in [0.1, 0.15) is 5.75 Å². The zero-order valence-corrected chi connectivity index (χ0v) is 16.3. The van der Waals surface area contributed by atoms with Crippen molar-refractivity contribution in [2.75, 3.05) is 5.32 Å². The van der Waals surface area contributed by atoms with E-state index in [1.807, 2.05) is 54.6 Å². The third-order valence-electron chi connectivity index (χ3n) is 4.21. The van der Waals surface area contributed by atoms with E-state index >= 15 is 0 Å². The lowest BCUT2D eigenvalue weighted by molar-refractivity contribution is 0.484. The van der Waals surface area contributed by atoms with E-state index in [0.29, 0.717) is 29.0 Å². The number of aryl methyl sites for hydroxylation is 1. The number of fused-ring (bicyclic) bond motifs is 1. The van der Waals surface area contributed by atoms with Crippen molar-refractivity contribution in [3.05, 3.63) is 82.9 Å². The van der Waals surface area contributed by atoms with Crippen LogP contribution >= 0.6 is 23.5 Å². The number of ether oxygens (including phenoxy) is 1. The van der Waals surface area contributed by atoms with Gasteiger partial charge in [-0.3, -0.25) is 4.72 Å². The standard InChI is InChI=1S/C21H18ClN3OS/c1-14-7-2-3-8-15(14)13-23-21-24-20-18(11-6-12-19(20)27-25-21)26-17-10-5-4-9-16(17)22/h2-12H,13H2,1H3,(H2,23,24,25). The van der Waals surface area contributed by atoms with Crippen LogP contribution in [0.5, 0.6) is 11.5 Å². The summed E-state index contributed by atoms with van der Waals surface area (Å²) in [5, 5.41) is 3.92. The van der Waals surface area contributed by atoms with Gasteiger partial charge in [0.2, 0.25) is 5.96 Å². The number of rotatable bonds is 4. The van der Waals surface area contributed by atoms with Gasteiger partial charge in [-0.1, -0.05) is 54.1 Å². The Balaban J connectivity index is 1.57.